The summed E-state index contributed by atoms with van der Waals surface area (Å²) in [5.74, 6) is 0.0920. The number of hydrazone groups is 1. The number of rotatable bonds is 2. The Labute approximate surface area is 156 Å². The van der Waals surface area contributed by atoms with Gasteiger partial charge in [0.15, 0.2) is 0 Å². The van der Waals surface area contributed by atoms with Crippen LogP contribution in [0.1, 0.15) is 30.0 Å². The maximum Gasteiger partial charge on any atom is 0.0952 e. The van der Waals surface area contributed by atoms with Gasteiger partial charge in [0, 0.05) is 23.3 Å². The number of hydrogen-bond donors (Lipinski definition) is 1. The van der Waals surface area contributed by atoms with Crippen LogP contribution in [0.15, 0.2) is 66.3 Å². The van der Waals surface area contributed by atoms with Crippen LogP contribution in [0.3, 0.4) is 0 Å². The van der Waals surface area contributed by atoms with Gasteiger partial charge in [0.05, 0.1) is 28.8 Å². The third-order valence-electron chi connectivity index (χ3n) is 4.53. The first kappa shape index (κ1) is 16.2. The molecule has 4 nitrogen and oxygen atoms in total. The van der Waals surface area contributed by atoms with Gasteiger partial charge in [-0.15, -0.1) is 0 Å². The van der Waals surface area contributed by atoms with Crippen molar-refractivity contribution in [1.82, 2.24) is 9.55 Å². The fourth-order valence-electron chi connectivity index (χ4n) is 3.34. The van der Waals surface area contributed by atoms with Crippen molar-refractivity contribution in [3.8, 4) is 0 Å². The first-order valence-corrected chi connectivity index (χ1v) is 8.76. The third kappa shape index (κ3) is 2.92. The van der Waals surface area contributed by atoms with Crippen molar-refractivity contribution in [1.29, 1.82) is 0 Å². The van der Waals surface area contributed by atoms with Crippen LogP contribution in [-0.2, 0) is 0 Å². The average molecular weight is 371 g/mol. The van der Waals surface area contributed by atoms with Crippen molar-refractivity contribution in [2.24, 2.45) is 5.10 Å². The minimum Gasteiger partial charge on any atom is -0.328 e. The molecule has 4 rings (SSSR count). The SMILES string of the molecule is CC1c2cc(Cl)cc(Cl)c2NN=C(c2ccccc2)C1n1ccnc1. The van der Waals surface area contributed by atoms with Crippen molar-refractivity contribution in [2.75, 3.05) is 5.43 Å². The number of fused-ring (bicyclic) bond motifs is 1. The molecule has 6 heteroatoms. The van der Waals surface area contributed by atoms with Gasteiger partial charge < -0.3 is 4.57 Å². The van der Waals surface area contributed by atoms with E-state index >= 15 is 0 Å². The maximum atomic E-state index is 6.42. The Balaban J connectivity index is 1.92. The van der Waals surface area contributed by atoms with Crippen LogP contribution in [0.4, 0.5) is 5.69 Å². The number of aromatic nitrogens is 2. The molecular formula is C19H16Cl2N4. The van der Waals surface area contributed by atoms with Crippen LogP contribution in [0, 0.1) is 0 Å². The summed E-state index contributed by atoms with van der Waals surface area (Å²) in [6.07, 6.45) is 5.55. The van der Waals surface area contributed by atoms with E-state index in [2.05, 4.69) is 34.0 Å². The van der Waals surface area contributed by atoms with Crippen molar-refractivity contribution in [3.05, 3.63) is 82.4 Å². The topological polar surface area (TPSA) is 42.2 Å². The summed E-state index contributed by atoms with van der Waals surface area (Å²) < 4.78 is 2.07. The van der Waals surface area contributed by atoms with E-state index in [9.17, 15) is 0 Å². The lowest BCUT2D eigenvalue weighted by molar-refractivity contribution is 0.548. The van der Waals surface area contributed by atoms with Crippen LogP contribution in [0.2, 0.25) is 10.0 Å². The first-order chi connectivity index (χ1) is 12.1. The van der Waals surface area contributed by atoms with Gasteiger partial charge in [0.2, 0.25) is 0 Å². The lowest BCUT2D eigenvalue weighted by Gasteiger charge is -2.26. The third-order valence-corrected chi connectivity index (χ3v) is 5.05. The zero-order chi connectivity index (χ0) is 17.4. The highest BCUT2D eigenvalue weighted by Gasteiger charge is 2.32. The molecule has 0 amide bonds. The van der Waals surface area contributed by atoms with E-state index in [4.69, 9.17) is 28.3 Å². The molecule has 0 saturated carbocycles. The van der Waals surface area contributed by atoms with E-state index in [1.807, 2.05) is 36.8 Å². The predicted molar refractivity (Wildman–Crippen MR) is 103 cm³/mol. The molecular weight excluding hydrogens is 355 g/mol. The molecule has 0 radical (unpaired) electrons. The highest BCUT2D eigenvalue weighted by Crippen LogP contribution is 2.42. The zero-order valence-corrected chi connectivity index (χ0v) is 15.0. The van der Waals surface area contributed by atoms with Gasteiger partial charge in [-0.2, -0.15) is 5.10 Å². The van der Waals surface area contributed by atoms with Crippen LogP contribution in [-0.4, -0.2) is 15.3 Å². The number of imidazole rings is 1. The van der Waals surface area contributed by atoms with Crippen LogP contribution < -0.4 is 5.43 Å². The van der Waals surface area contributed by atoms with E-state index in [1.54, 1.807) is 12.3 Å². The number of benzene rings is 2. The van der Waals surface area contributed by atoms with E-state index < -0.39 is 0 Å². The van der Waals surface area contributed by atoms with Crippen LogP contribution in [0.25, 0.3) is 0 Å². The molecule has 0 fully saturated rings. The summed E-state index contributed by atoms with van der Waals surface area (Å²) >= 11 is 12.7. The summed E-state index contributed by atoms with van der Waals surface area (Å²) in [4.78, 5) is 4.22. The molecule has 1 N–H and O–H groups in total. The molecule has 0 spiro atoms. The van der Waals surface area contributed by atoms with E-state index in [1.165, 1.54) is 0 Å². The van der Waals surface area contributed by atoms with Crippen molar-refractivity contribution < 1.29 is 0 Å². The fraction of sp³-hybridized carbons (Fsp3) is 0.158. The Kier molecular flexibility index (Phi) is 4.24. The van der Waals surface area contributed by atoms with Crippen LogP contribution in [0.5, 0.6) is 0 Å². The Hall–Kier alpha value is -2.30. The van der Waals surface area contributed by atoms with E-state index in [0.717, 1.165) is 22.5 Å². The smallest absolute Gasteiger partial charge is 0.0952 e. The Morgan fingerprint density at radius 1 is 1.12 bits per heavy atom. The van der Waals surface area contributed by atoms with Gasteiger partial charge in [0.25, 0.3) is 0 Å². The quantitative estimate of drug-likeness (QED) is 0.659. The maximum absolute atomic E-state index is 6.42. The van der Waals surface area contributed by atoms with Gasteiger partial charge in [-0.1, -0.05) is 60.5 Å². The summed E-state index contributed by atoms with van der Waals surface area (Å²) in [7, 11) is 0. The van der Waals surface area contributed by atoms with Gasteiger partial charge in [-0.3, -0.25) is 5.43 Å². The zero-order valence-electron chi connectivity index (χ0n) is 13.5. The minimum absolute atomic E-state index is 0.0341. The van der Waals surface area contributed by atoms with Crippen molar-refractivity contribution >= 4 is 34.6 Å². The van der Waals surface area contributed by atoms with Gasteiger partial charge >= 0.3 is 0 Å². The molecule has 2 heterocycles. The van der Waals surface area contributed by atoms with E-state index in [-0.39, 0.29) is 12.0 Å². The summed E-state index contributed by atoms with van der Waals surface area (Å²) in [6, 6.07) is 13.8. The van der Waals surface area contributed by atoms with E-state index in [0.29, 0.717) is 10.0 Å². The van der Waals surface area contributed by atoms with Gasteiger partial charge in [-0.25, -0.2) is 4.98 Å². The molecule has 1 aromatic heterocycles. The molecule has 1 aliphatic heterocycles. The highest BCUT2D eigenvalue weighted by molar-refractivity contribution is 6.36. The molecule has 0 saturated heterocycles. The number of anilines is 1. The number of nitrogens with zero attached hydrogens (tertiary/aromatic N) is 3. The summed E-state index contributed by atoms with van der Waals surface area (Å²) in [5, 5.41) is 5.89. The first-order valence-electron chi connectivity index (χ1n) is 8.00. The summed E-state index contributed by atoms with van der Waals surface area (Å²) in [5.41, 5.74) is 6.97. The highest BCUT2D eigenvalue weighted by atomic mass is 35.5. The second-order valence-corrected chi connectivity index (χ2v) is 6.91. The molecule has 0 bridgehead atoms. The molecule has 0 aliphatic carbocycles. The predicted octanol–water partition coefficient (Wildman–Crippen LogP) is 5.36. The number of hydrogen-bond acceptors (Lipinski definition) is 3. The molecule has 25 heavy (non-hydrogen) atoms. The number of nitrogens with one attached hydrogen (secondary N) is 1. The molecule has 3 aromatic rings. The monoisotopic (exact) mass is 370 g/mol. The molecule has 1 aliphatic rings. The molecule has 2 unspecified atom stereocenters. The Bertz CT molecular complexity index is 920. The average Bonchev–Trinajstić information content (AvgIpc) is 3.09. The minimum atomic E-state index is -0.0341. The largest absolute Gasteiger partial charge is 0.328 e. The lowest BCUT2D eigenvalue weighted by Crippen LogP contribution is -2.24. The lowest BCUT2D eigenvalue weighted by atomic mass is 9.87. The standard InChI is InChI=1S/C19H16Cl2N4/c1-12-15-9-14(20)10-16(21)18(15)24-23-17(13-5-3-2-4-6-13)19(12)25-8-7-22-11-25/h2-12,19,24H,1H3. The molecule has 2 atom stereocenters. The fourth-order valence-corrected chi connectivity index (χ4v) is 3.89. The molecule has 126 valence electrons. The number of halogens is 2. The van der Waals surface area contributed by atoms with Crippen LogP contribution >= 0.6 is 23.2 Å². The second kappa shape index (κ2) is 6.54. The van der Waals surface area contributed by atoms with Gasteiger partial charge in [0.1, 0.15) is 0 Å². The normalized spacial score (nSPS) is 19.6. The summed E-state index contributed by atoms with van der Waals surface area (Å²) in [6.45, 7) is 2.15. The Morgan fingerprint density at radius 3 is 2.64 bits per heavy atom. The molecule has 2 aromatic carbocycles. The Morgan fingerprint density at radius 2 is 1.92 bits per heavy atom. The second-order valence-electron chi connectivity index (χ2n) is 6.07. The van der Waals surface area contributed by atoms with Crippen molar-refractivity contribution in [3.63, 3.8) is 0 Å². The van der Waals surface area contributed by atoms with Gasteiger partial charge in [-0.05, 0) is 23.3 Å². The van der Waals surface area contributed by atoms with Crippen molar-refractivity contribution in [2.45, 2.75) is 18.9 Å².